The van der Waals surface area contributed by atoms with Gasteiger partial charge >= 0.3 is 0 Å². The number of nitrogens with one attached hydrogen (secondary N) is 2. The summed E-state index contributed by atoms with van der Waals surface area (Å²) < 4.78 is 0. The van der Waals surface area contributed by atoms with E-state index in [1.165, 1.54) is 6.07 Å². The molecular formula is C15H19N3O2. The number of H-pyrrole nitrogens is 1. The Morgan fingerprint density at radius 3 is 2.65 bits per heavy atom. The quantitative estimate of drug-likeness (QED) is 0.777. The minimum Gasteiger partial charge on any atom is -0.508 e. The highest BCUT2D eigenvalue weighted by atomic mass is 16.3. The number of rotatable bonds is 5. The fraction of sp³-hybridized carbons (Fsp3) is 0.333. The Morgan fingerprint density at radius 1 is 1.30 bits per heavy atom. The maximum Gasteiger partial charge on any atom is 0.251 e. The van der Waals surface area contributed by atoms with Crippen LogP contribution in [0.2, 0.25) is 0 Å². The van der Waals surface area contributed by atoms with Gasteiger partial charge in [0.05, 0.1) is 5.69 Å². The molecule has 1 aromatic carbocycles. The summed E-state index contributed by atoms with van der Waals surface area (Å²) in [4.78, 5) is 18.8. The third-order valence-corrected chi connectivity index (χ3v) is 2.79. The molecule has 0 unspecified atom stereocenters. The molecule has 0 fully saturated rings. The number of aromatic hydroxyl groups is 1. The second-order valence-corrected chi connectivity index (χ2v) is 5.16. The largest absolute Gasteiger partial charge is 0.508 e. The molecule has 0 radical (unpaired) electrons. The zero-order valence-corrected chi connectivity index (χ0v) is 11.7. The third kappa shape index (κ3) is 3.93. The first-order valence-electron chi connectivity index (χ1n) is 6.65. The number of hydrogen-bond donors (Lipinski definition) is 3. The lowest BCUT2D eigenvalue weighted by molar-refractivity contribution is 0.475. The number of hydrogen-bond acceptors (Lipinski definition) is 4. The van der Waals surface area contributed by atoms with Crippen molar-refractivity contribution in [3.8, 4) is 17.1 Å². The maximum absolute atomic E-state index is 11.7. The molecule has 1 heterocycles. The van der Waals surface area contributed by atoms with Crippen molar-refractivity contribution in [1.29, 1.82) is 0 Å². The second-order valence-electron chi connectivity index (χ2n) is 5.16. The molecule has 0 aliphatic carbocycles. The number of phenolic OH excluding ortho intramolecular Hbond substituents is 1. The van der Waals surface area contributed by atoms with Crippen LogP contribution in [-0.2, 0) is 6.54 Å². The highest BCUT2D eigenvalue weighted by Gasteiger charge is 2.04. The predicted molar refractivity (Wildman–Crippen MR) is 78.5 cm³/mol. The number of aromatic amines is 1. The van der Waals surface area contributed by atoms with Crippen LogP contribution in [0.1, 0.15) is 19.5 Å². The summed E-state index contributed by atoms with van der Waals surface area (Å²) in [5, 5.41) is 12.5. The summed E-state index contributed by atoms with van der Waals surface area (Å²) in [5.74, 6) is 1.25. The van der Waals surface area contributed by atoms with E-state index in [1.54, 1.807) is 24.3 Å². The van der Waals surface area contributed by atoms with Gasteiger partial charge in [0, 0.05) is 18.2 Å². The van der Waals surface area contributed by atoms with Gasteiger partial charge in [-0.25, -0.2) is 4.98 Å². The fourth-order valence-corrected chi connectivity index (χ4v) is 1.84. The first-order chi connectivity index (χ1) is 9.54. The number of nitrogens with zero attached hydrogens (tertiary/aromatic N) is 1. The van der Waals surface area contributed by atoms with E-state index < -0.39 is 0 Å². The van der Waals surface area contributed by atoms with Gasteiger partial charge in [0.2, 0.25) is 0 Å². The van der Waals surface area contributed by atoms with Crippen molar-refractivity contribution >= 4 is 0 Å². The average Bonchev–Trinajstić information content (AvgIpc) is 2.38. The molecule has 3 N–H and O–H groups in total. The minimum absolute atomic E-state index is 0.176. The van der Waals surface area contributed by atoms with Crippen molar-refractivity contribution < 1.29 is 5.11 Å². The molecular weight excluding hydrogens is 254 g/mol. The van der Waals surface area contributed by atoms with Gasteiger partial charge < -0.3 is 15.4 Å². The van der Waals surface area contributed by atoms with Crippen LogP contribution in [0.4, 0.5) is 0 Å². The topological polar surface area (TPSA) is 78.0 Å². The highest BCUT2D eigenvalue weighted by Crippen LogP contribution is 2.17. The molecule has 5 nitrogen and oxygen atoms in total. The van der Waals surface area contributed by atoms with E-state index in [4.69, 9.17) is 0 Å². The Morgan fingerprint density at radius 2 is 2.00 bits per heavy atom. The van der Waals surface area contributed by atoms with E-state index in [1.807, 2.05) is 0 Å². The molecule has 0 bridgehead atoms. The van der Waals surface area contributed by atoms with Crippen molar-refractivity contribution in [2.75, 3.05) is 6.54 Å². The van der Waals surface area contributed by atoms with Crippen molar-refractivity contribution in [2.24, 2.45) is 5.92 Å². The van der Waals surface area contributed by atoms with Gasteiger partial charge in [0.15, 0.2) is 0 Å². The molecule has 0 atom stereocenters. The first-order valence-corrected chi connectivity index (χ1v) is 6.65. The van der Waals surface area contributed by atoms with E-state index in [9.17, 15) is 9.90 Å². The maximum atomic E-state index is 11.7. The number of phenols is 1. The number of benzene rings is 1. The molecule has 106 valence electrons. The van der Waals surface area contributed by atoms with Crippen molar-refractivity contribution in [3.05, 3.63) is 46.4 Å². The summed E-state index contributed by atoms with van der Waals surface area (Å²) in [6, 6.07) is 8.08. The normalized spacial score (nSPS) is 10.9. The Hall–Kier alpha value is -2.14. The highest BCUT2D eigenvalue weighted by molar-refractivity contribution is 5.55. The molecule has 20 heavy (non-hydrogen) atoms. The van der Waals surface area contributed by atoms with Crippen LogP contribution >= 0.6 is 0 Å². The van der Waals surface area contributed by atoms with Gasteiger partial charge in [0.25, 0.3) is 5.56 Å². The van der Waals surface area contributed by atoms with E-state index in [0.717, 1.165) is 12.1 Å². The monoisotopic (exact) mass is 273 g/mol. The molecule has 0 spiro atoms. The molecule has 0 saturated carbocycles. The van der Waals surface area contributed by atoms with E-state index in [2.05, 4.69) is 29.1 Å². The summed E-state index contributed by atoms with van der Waals surface area (Å²) in [6.07, 6.45) is 0. The lowest BCUT2D eigenvalue weighted by atomic mass is 10.2. The molecule has 1 aromatic heterocycles. The molecule has 0 aliphatic heterocycles. The van der Waals surface area contributed by atoms with E-state index in [-0.39, 0.29) is 11.3 Å². The van der Waals surface area contributed by atoms with Crippen LogP contribution in [0.15, 0.2) is 35.1 Å². The van der Waals surface area contributed by atoms with Gasteiger partial charge in [-0.05, 0) is 36.7 Å². The Balaban J connectivity index is 2.20. The van der Waals surface area contributed by atoms with Crippen molar-refractivity contribution in [3.63, 3.8) is 0 Å². The van der Waals surface area contributed by atoms with Gasteiger partial charge in [-0.2, -0.15) is 0 Å². The van der Waals surface area contributed by atoms with Gasteiger partial charge in [-0.1, -0.05) is 13.8 Å². The molecule has 0 aliphatic rings. The zero-order chi connectivity index (χ0) is 14.5. The van der Waals surface area contributed by atoms with E-state index in [0.29, 0.717) is 24.0 Å². The third-order valence-electron chi connectivity index (χ3n) is 2.79. The smallest absolute Gasteiger partial charge is 0.251 e. The lowest BCUT2D eigenvalue weighted by Crippen LogP contribution is -2.21. The predicted octanol–water partition coefficient (Wildman–Crippen LogP) is 1.89. The van der Waals surface area contributed by atoms with Gasteiger partial charge in [-0.3, -0.25) is 4.79 Å². The summed E-state index contributed by atoms with van der Waals surface area (Å²) >= 11 is 0. The SMILES string of the molecule is CC(C)CNCc1cc(=O)[nH]c(-c2ccc(O)cc2)n1. The van der Waals surface area contributed by atoms with Crippen LogP contribution in [0.3, 0.4) is 0 Å². The van der Waals surface area contributed by atoms with Crippen LogP contribution in [0, 0.1) is 5.92 Å². The van der Waals surface area contributed by atoms with E-state index >= 15 is 0 Å². The molecule has 0 amide bonds. The van der Waals surface area contributed by atoms with Crippen LogP contribution in [0.25, 0.3) is 11.4 Å². The standard InChI is InChI=1S/C15H19N3O2/c1-10(2)8-16-9-12-7-14(20)18-15(17-12)11-3-5-13(19)6-4-11/h3-7,10,16,19H,8-9H2,1-2H3,(H,17,18,20). The Bertz CT molecular complexity index is 618. The van der Waals surface area contributed by atoms with Crippen LogP contribution in [0.5, 0.6) is 5.75 Å². The van der Waals surface area contributed by atoms with Gasteiger partial charge in [-0.15, -0.1) is 0 Å². The summed E-state index contributed by atoms with van der Waals surface area (Å²) in [6.45, 7) is 5.69. The Labute approximate surface area is 117 Å². The molecule has 2 aromatic rings. The second kappa shape index (κ2) is 6.34. The van der Waals surface area contributed by atoms with Gasteiger partial charge in [0.1, 0.15) is 11.6 Å². The average molecular weight is 273 g/mol. The van der Waals surface area contributed by atoms with Crippen molar-refractivity contribution in [2.45, 2.75) is 20.4 Å². The molecule has 5 heteroatoms. The summed E-state index contributed by atoms with van der Waals surface area (Å²) in [5.41, 5.74) is 1.30. The zero-order valence-electron chi connectivity index (χ0n) is 11.7. The van der Waals surface area contributed by atoms with Crippen molar-refractivity contribution in [1.82, 2.24) is 15.3 Å². The fourth-order valence-electron chi connectivity index (χ4n) is 1.84. The van der Waals surface area contributed by atoms with Crippen LogP contribution in [-0.4, -0.2) is 21.6 Å². The lowest BCUT2D eigenvalue weighted by Gasteiger charge is -2.08. The summed E-state index contributed by atoms with van der Waals surface area (Å²) in [7, 11) is 0. The Kier molecular flexibility index (Phi) is 4.53. The minimum atomic E-state index is -0.176. The van der Waals surface area contributed by atoms with Crippen LogP contribution < -0.4 is 10.9 Å². The number of aromatic nitrogens is 2. The molecule has 0 saturated heterocycles. The molecule has 2 rings (SSSR count). The first kappa shape index (κ1) is 14.3.